The highest BCUT2D eigenvalue weighted by Crippen LogP contribution is 2.29. The largest absolute Gasteiger partial charge is 0.488 e. The maximum absolute atomic E-state index is 6.13. The molecule has 0 aromatic heterocycles. The number of hydrogen-bond donors (Lipinski definition) is 1. The lowest BCUT2D eigenvalue weighted by Crippen LogP contribution is -2.45. The molecule has 0 radical (unpaired) electrons. The van der Waals surface area contributed by atoms with Crippen LogP contribution in [0.1, 0.15) is 38.8 Å². The molecule has 2 N–H and O–H groups in total. The first-order chi connectivity index (χ1) is 7.73. The van der Waals surface area contributed by atoms with Gasteiger partial charge in [-0.15, -0.1) is 0 Å². The van der Waals surface area contributed by atoms with Crippen molar-refractivity contribution in [2.75, 3.05) is 0 Å². The average molecular weight is 235 g/mol. The topological polar surface area (TPSA) is 35.2 Å². The first-order valence-electron chi connectivity index (χ1n) is 6.22. The first-order valence-corrected chi connectivity index (χ1v) is 6.22. The Labute approximate surface area is 105 Å². The fraction of sp³-hybridized carbons (Fsp3) is 0.600. The van der Waals surface area contributed by atoms with Gasteiger partial charge in [0.2, 0.25) is 0 Å². The molecule has 1 aromatic rings. The van der Waals surface area contributed by atoms with Gasteiger partial charge in [0.05, 0.1) is 0 Å². The standard InChI is InChI=1S/C15H25NO/c1-10-8-7-9-13(11(10)2)17-14(12(3)16)15(4,5)6/h7-9,12,14H,16H2,1-6H3. The summed E-state index contributed by atoms with van der Waals surface area (Å²) >= 11 is 0. The smallest absolute Gasteiger partial charge is 0.123 e. The van der Waals surface area contributed by atoms with E-state index in [2.05, 4.69) is 40.7 Å². The van der Waals surface area contributed by atoms with E-state index in [0.29, 0.717) is 0 Å². The minimum atomic E-state index is 0.00918. The summed E-state index contributed by atoms with van der Waals surface area (Å²) in [6, 6.07) is 6.15. The lowest BCUT2D eigenvalue weighted by Gasteiger charge is -2.34. The van der Waals surface area contributed by atoms with Crippen molar-refractivity contribution in [2.24, 2.45) is 11.1 Å². The van der Waals surface area contributed by atoms with Gasteiger partial charge in [0.15, 0.2) is 0 Å². The molecule has 0 spiro atoms. The van der Waals surface area contributed by atoms with E-state index in [9.17, 15) is 0 Å². The molecule has 2 atom stereocenters. The summed E-state index contributed by atoms with van der Waals surface area (Å²) in [6.07, 6.45) is 0.0167. The van der Waals surface area contributed by atoms with Gasteiger partial charge in [-0.2, -0.15) is 0 Å². The van der Waals surface area contributed by atoms with E-state index >= 15 is 0 Å². The van der Waals surface area contributed by atoms with Gasteiger partial charge in [-0.1, -0.05) is 32.9 Å². The monoisotopic (exact) mass is 235 g/mol. The molecule has 0 heterocycles. The summed E-state index contributed by atoms with van der Waals surface area (Å²) < 4.78 is 6.13. The van der Waals surface area contributed by atoms with Crippen LogP contribution in [0, 0.1) is 19.3 Å². The molecule has 0 saturated heterocycles. The molecule has 0 bridgehead atoms. The third-order valence-corrected chi connectivity index (χ3v) is 3.14. The Morgan fingerprint density at radius 2 is 1.76 bits per heavy atom. The maximum Gasteiger partial charge on any atom is 0.123 e. The molecule has 0 aliphatic carbocycles. The van der Waals surface area contributed by atoms with E-state index in [1.165, 1.54) is 11.1 Å². The molecule has 0 fully saturated rings. The molecule has 1 aromatic carbocycles. The van der Waals surface area contributed by atoms with E-state index in [0.717, 1.165) is 5.75 Å². The van der Waals surface area contributed by atoms with Crippen LogP contribution in [0.15, 0.2) is 18.2 Å². The number of nitrogens with two attached hydrogens (primary N) is 1. The van der Waals surface area contributed by atoms with Gasteiger partial charge in [0.25, 0.3) is 0 Å². The van der Waals surface area contributed by atoms with Crippen molar-refractivity contribution in [2.45, 2.75) is 53.7 Å². The molecule has 0 saturated carbocycles. The molecule has 96 valence electrons. The Morgan fingerprint density at radius 1 is 1.18 bits per heavy atom. The maximum atomic E-state index is 6.13. The van der Waals surface area contributed by atoms with Crippen LogP contribution in [0.5, 0.6) is 5.75 Å². The van der Waals surface area contributed by atoms with Crippen LogP contribution >= 0.6 is 0 Å². The molecule has 0 aliphatic rings. The summed E-state index contributed by atoms with van der Waals surface area (Å²) in [5.74, 6) is 0.947. The zero-order chi connectivity index (χ0) is 13.2. The third kappa shape index (κ3) is 3.47. The van der Waals surface area contributed by atoms with Crippen molar-refractivity contribution in [3.05, 3.63) is 29.3 Å². The van der Waals surface area contributed by atoms with Gasteiger partial charge in [-0.05, 0) is 38.0 Å². The number of benzene rings is 1. The lowest BCUT2D eigenvalue weighted by molar-refractivity contribution is 0.0677. The van der Waals surface area contributed by atoms with E-state index in [-0.39, 0.29) is 17.6 Å². The van der Waals surface area contributed by atoms with Gasteiger partial charge in [0.1, 0.15) is 11.9 Å². The predicted molar refractivity (Wildman–Crippen MR) is 73.4 cm³/mol. The Balaban J connectivity index is 2.99. The van der Waals surface area contributed by atoms with Crippen molar-refractivity contribution in [1.29, 1.82) is 0 Å². The molecular weight excluding hydrogens is 210 g/mol. The quantitative estimate of drug-likeness (QED) is 0.871. The van der Waals surface area contributed by atoms with Gasteiger partial charge >= 0.3 is 0 Å². The first kappa shape index (κ1) is 14.0. The van der Waals surface area contributed by atoms with Crippen LogP contribution in [-0.2, 0) is 0 Å². The lowest BCUT2D eigenvalue weighted by atomic mass is 9.85. The van der Waals surface area contributed by atoms with Crippen molar-refractivity contribution >= 4 is 0 Å². The summed E-state index contributed by atoms with van der Waals surface area (Å²) in [4.78, 5) is 0. The highest BCUT2D eigenvalue weighted by molar-refractivity contribution is 5.38. The normalized spacial score (nSPS) is 15.5. The molecule has 17 heavy (non-hydrogen) atoms. The van der Waals surface area contributed by atoms with E-state index in [4.69, 9.17) is 10.5 Å². The second kappa shape index (κ2) is 5.09. The van der Waals surface area contributed by atoms with Crippen LogP contribution in [0.25, 0.3) is 0 Å². The molecular formula is C15H25NO. The van der Waals surface area contributed by atoms with Crippen molar-refractivity contribution in [1.82, 2.24) is 0 Å². The Morgan fingerprint density at radius 3 is 2.24 bits per heavy atom. The zero-order valence-electron chi connectivity index (χ0n) is 11.9. The minimum Gasteiger partial charge on any atom is -0.488 e. The molecule has 1 rings (SSSR count). The second-order valence-corrected chi connectivity index (χ2v) is 5.96. The van der Waals surface area contributed by atoms with Crippen LogP contribution in [0.4, 0.5) is 0 Å². The highest BCUT2D eigenvalue weighted by atomic mass is 16.5. The summed E-state index contributed by atoms with van der Waals surface area (Å²) in [5, 5.41) is 0. The Hall–Kier alpha value is -1.02. The van der Waals surface area contributed by atoms with Crippen molar-refractivity contribution in [3.63, 3.8) is 0 Å². The van der Waals surface area contributed by atoms with Crippen LogP contribution in [0.2, 0.25) is 0 Å². The SMILES string of the molecule is Cc1cccc(OC(C(C)N)C(C)(C)C)c1C. The Kier molecular flexibility index (Phi) is 4.21. The molecule has 0 aliphatic heterocycles. The summed E-state index contributed by atoms with van der Waals surface area (Å²) in [6.45, 7) is 12.7. The Bertz CT molecular complexity index is 377. The van der Waals surface area contributed by atoms with Crippen LogP contribution in [-0.4, -0.2) is 12.1 Å². The van der Waals surface area contributed by atoms with E-state index in [1.807, 2.05) is 19.1 Å². The molecule has 0 amide bonds. The molecule has 2 heteroatoms. The average Bonchev–Trinajstić information content (AvgIpc) is 2.17. The van der Waals surface area contributed by atoms with Gasteiger partial charge in [0, 0.05) is 11.5 Å². The second-order valence-electron chi connectivity index (χ2n) is 5.96. The molecule has 2 nitrogen and oxygen atoms in total. The number of aryl methyl sites for hydroxylation is 1. The van der Waals surface area contributed by atoms with Gasteiger partial charge < -0.3 is 10.5 Å². The summed E-state index contributed by atoms with van der Waals surface area (Å²) in [5.41, 5.74) is 8.51. The summed E-state index contributed by atoms with van der Waals surface area (Å²) in [7, 11) is 0. The number of hydrogen-bond acceptors (Lipinski definition) is 2. The van der Waals surface area contributed by atoms with E-state index in [1.54, 1.807) is 0 Å². The fourth-order valence-corrected chi connectivity index (χ4v) is 2.06. The minimum absolute atomic E-state index is 0.00918. The zero-order valence-corrected chi connectivity index (χ0v) is 11.9. The van der Waals surface area contributed by atoms with E-state index < -0.39 is 0 Å². The third-order valence-electron chi connectivity index (χ3n) is 3.14. The van der Waals surface area contributed by atoms with Gasteiger partial charge in [-0.25, -0.2) is 0 Å². The highest BCUT2D eigenvalue weighted by Gasteiger charge is 2.30. The number of rotatable bonds is 3. The molecule has 2 unspecified atom stereocenters. The van der Waals surface area contributed by atoms with Crippen LogP contribution < -0.4 is 10.5 Å². The van der Waals surface area contributed by atoms with Crippen molar-refractivity contribution in [3.8, 4) is 5.75 Å². The van der Waals surface area contributed by atoms with Gasteiger partial charge in [-0.3, -0.25) is 0 Å². The fourth-order valence-electron chi connectivity index (χ4n) is 2.06. The van der Waals surface area contributed by atoms with Crippen LogP contribution in [0.3, 0.4) is 0 Å². The number of ether oxygens (including phenoxy) is 1. The predicted octanol–water partition coefficient (Wildman–Crippen LogP) is 3.44. The van der Waals surface area contributed by atoms with Crippen molar-refractivity contribution < 1.29 is 4.74 Å².